The van der Waals surface area contributed by atoms with Crippen molar-refractivity contribution in [1.29, 1.82) is 5.26 Å². The van der Waals surface area contributed by atoms with Crippen molar-refractivity contribution in [1.82, 2.24) is 20.6 Å². The minimum atomic E-state index is -0.537. The van der Waals surface area contributed by atoms with E-state index in [0.29, 0.717) is 22.6 Å². The summed E-state index contributed by atoms with van der Waals surface area (Å²) < 4.78 is 7.01. The number of carbonyl (C=O) groups is 2. The van der Waals surface area contributed by atoms with Crippen molar-refractivity contribution in [2.45, 2.75) is 6.92 Å². The summed E-state index contributed by atoms with van der Waals surface area (Å²) in [7, 11) is 0. The first-order valence-corrected chi connectivity index (χ1v) is 10.5. The van der Waals surface area contributed by atoms with Gasteiger partial charge in [0.15, 0.2) is 6.61 Å². The zero-order valence-electron chi connectivity index (χ0n) is 18.4. The topological polar surface area (TPSA) is 109 Å². The average molecular weight is 451 g/mol. The van der Waals surface area contributed by atoms with Gasteiger partial charge in [-0.25, -0.2) is 4.68 Å². The molecular formula is C26H21N5O3. The van der Waals surface area contributed by atoms with Gasteiger partial charge in [-0.3, -0.25) is 20.4 Å². The SMILES string of the molecule is Cc1cccc(-c2nn(-c3ccccc3)cc2C(=O)NNC(=O)COc2ccc(C#N)cc2)c1. The number of para-hydroxylation sites is 1. The number of hydrazine groups is 1. The zero-order valence-corrected chi connectivity index (χ0v) is 18.4. The summed E-state index contributed by atoms with van der Waals surface area (Å²) in [5.74, 6) is -0.609. The molecule has 4 rings (SSSR count). The molecule has 0 spiro atoms. The first kappa shape index (κ1) is 22.3. The van der Waals surface area contributed by atoms with Gasteiger partial charge in [-0.1, -0.05) is 42.0 Å². The maximum atomic E-state index is 13.0. The first-order valence-electron chi connectivity index (χ1n) is 10.5. The number of ether oxygens (including phenoxy) is 1. The van der Waals surface area contributed by atoms with Crippen LogP contribution in [0.15, 0.2) is 85.1 Å². The van der Waals surface area contributed by atoms with Crippen LogP contribution in [0.1, 0.15) is 21.5 Å². The highest BCUT2D eigenvalue weighted by Crippen LogP contribution is 2.24. The number of aromatic nitrogens is 2. The number of nitrogens with zero attached hydrogens (tertiary/aromatic N) is 3. The maximum Gasteiger partial charge on any atom is 0.276 e. The number of rotatable bonds is 6. The van der Waals surface area contributed by atoms with E-state index in [1.165, 1.54) is 0 Å². The van der Waals surface area contributed by atoms with Gasteiger partial charge < -0.3 is 4.74 Å². The largest absolute Gasteiger partial charge is 0.484 e. The fourth-order valence-electron chi connectivity index (χ4n) is 3.26. The Hall–Kier alpha value is -4.90. The van der Waals surface area contributed by atoms with Gasteiger partial charge in [0.1, 0.15) is 11.4 Å². The highest BCUT2D eigenvalue weighted by Gasteiger charge is 2.19. The summed E-state index contributed by atoms with van der Waals surface area (Å²) in [5.41, 5.74) is 8.70. The molecule has 34 heavy (non-hydrogen) atoms. The molecule has 0 saturated carbocycles. The summed E-state index contributed by atoms with van der Waals surface area (Å²) in [6, 6.07) is 25.5. The number of nitrogens with one attached hydrogen (secondary N) is 2. The van der Waals surface area contributed by atoms with E-state index in [-0.39, 0.29) is 6.61 Å². The number of hydrogen-bond donors (Lipinski definition) is 2. The molecule has 8 heteroatoms. The highest BCUT2D eigenvalue weighted by atomic mass is 16.5. The summed E-state index contributed by atoms with van der Waals surface area (Å²) >= 11 is 0. The normalized spacial score (nSPS) is 10.2. The van der Waals surface area contributed by atoms with Crippen molar-refractivity contribution in [3.05, 3.63) is 102 Å². The first-order chi connectivity index (χ1) is 16.5. The second-order valence-corrected chi connectivity index (χ2v) is 7.47. The van der Waals surface area contributed by atoms with E-state index >= 15 is 0 Å². The smallest absolute Gasteiger partial charge is 0.276 e. The molecule has 2 amide bonds. The lowest BCUT2D eigenvalue weighted by atomic mass is 10.1. The molecule has 0 aliphatic heterocycles. The lowest BCUT2D eigenvalue weighted by molar-refractivity contribution is -0.123. The summed E-state index contributed by atoms with van der Waals surface area (Å²) in [4.78, 5) is 25.1. The molecule has 0 unspecified atom stereocenters. The number of hydrogen-bond acceptors (Lipinski definition) is 5. The Morgan fingerprint density at radius 1 is 1.00 bits per heavy atom. The molecule has 0 radical (unpaired) electrons. The van der Waals surface area contributed by atoms with Gasteiger partial charge >= 0.3 is 0 Å². The summed E-state index contributed by atoms with van der Waals surface area (Å²) in [6.45, 7) is 1.66. The number of aryl methyl sites for hydroxylation is 1. The van der Waals surface area contributed by atoms with Gasteiger partial charge in [-0.05, 0) is 49.4 Å². The van der Waals surface area contributed by atoms with Crippen LogP contribution >= 0.6 is 0 Å². The van der Waals surface area contributed by atoms with Gasteiger partial charge in [0.2, 0.25) is 0 Å². The van der Waals surface area contributed by atoms with Crippen LogP contribution in [0.25, 0.3) is 16.9 Å². The monoisotopic (exact) mass is 451 g/mol. The highest BCUT2D eigenvalue weighted by molar-refractivity contribution is 6.00. The predicted molar refractivity (Wildman–Crippen MR) is 126 cm³/mol. The third-order valence-corrected chi connectivity index (χ3v) is 4.94. The molecule has 168 valence electrons. The van der Waals surface area contributed by atoms with E-state index < -0.39 is 11.8 Å². The van der Waals surface area contributed by atoms with E-state index in [4.69, 9.17) is 10.00 Å². The van der Waals surface area contributed by atoms with E-state index in [1.54, 1.807) is 35.1 Å². The quantitative estimate of drug-likeness (QED) is 0.436. The van der Waals surface area contributed by atoms with Crippen LogP contribution in [-0.4, -0.2) is 28.2 Å². The van der Waals surface area contributed by atoms with Crippen LogP contribution in [0, 0.1) is 18.3 Å². The molecule has 0 atom stereocenters. The predicted octanol–water partition coefficient (Wildman–Crippen LogP) is 3.56. The lowest BCUT2D eigenvalue weighted by Gasteiger charge is -2.09. The number of benzene rings is 3. The standard InChI is InChI=1S/C26H21N5O3/c1-18-6-5-7-20(14-18)25-23(16-31(30-25)21-8-3-2-4-9-21)26(33)29-28-24(32)17-34-22-12-10-19(15-27)11-13-22/h2-14,16H,17H2,1H3,(H,28,32)(H,29,33). The lowest BCUT2D eigenvalue weighted by Crippen LogP contribution is -2.43. The third kappa shape index (κ3) is 5.29. The summed E-state index contributed by atoms with van der Waals surface area (Å²) in [5, 5.41) is 13.5. The molecule has 8 nitrogen and oxygen atoms in total. The van der Waals surface area contributed by atoms with E-state index in [9.17, 15) is 9.59 Å². The van der Waals surface area contributed by atoms with Gasteiger partial charge in [-0.2, -0.15) is 10.4 Å². The Morgan fingerprint density at radius 2 is 1.76 bits per heavy atom. The molecule has 2 N–H and O–H groups in total. The molecule has 3 aromatic carbocycles. The Balaban J connectivity index is 1.47. The van der Waals surface area contributed by atoms with Crippen LogP contribution in [0.5, 0.6) is 5.75 Å². The van der Waals surface area contributed by atoms with Crippen molar-refractivity contribution in [3.63, 3.8) is 0 Å². The fraction of sp³-hybridized carbons (Fsp3) is 0.0769. The molecular weight excluding hydrogens is 430 g/mol. The number of nitriles is 1. The van der Waals surface area contributed by atoms with Crippen LogP contribution < -0.4 is 15.6 Å². The fourth-order valence-corrected chi connectivity index (χ4v) is 3.26. The van der Waals surface area contributed by atoms with E-state index in [0.717, 1.165) is 16.8 Å². The number of amides is 2. The van der Waals surface area contributed by atoms with Crippen molar-refractivity contribution < 1.29 is 14.3 Å². The molecule has 0 aliphatic carbocycles. The van der Waals surface area contributed by atoms with Crippen LogP contribution in [0.2, 0.25) is 0 Å². The van der Waals surface area contributed by atoms with Crippen molar-refractivity contribution in [2.75, 3.05) is 6.61 Å². The Bertz CT molecular complexity index is 1360. The van der Waals surface area contributed by atoms with Gasteiger partial charge in [0.05, 0.1) is 22.9 Å². The second-order valence-electron chi connectivity index (χ2n) is 7.47. The second kappa shape index (κ2) is 10.1. The molecule has 0 fully saturated rings. The molecule has 0 aliphatic rings. The number of carbonyl (C=O) groups excluding carboxylic acids is 2. The van der Waals surface area contributed by atoms with Crippen molar-refractivity contribution >= 4 is 11.8 Å². The minimum Gasteiger partial charge on any atom is -0.484 e. The van der Waals surface area contributed by atoms with E-state index in [1.807, 2.05) is 67.6 Å². The Labute approximate surface area is 196 Å². The van der Waals surface area contributed by atoms with Crippen LogP contribution in [-0.2, 0) is 4.79 Å². The average Bonchev–Trinajstić information content (AvgIpc) is 3.33. The minimum absolute atomic E-state index is 0.305. The molecule has 4 aromatic rings. The molecule has 1 aromatic heterocycles. The van der Waals surface area contributed by atoms with Crippen LogP contribution in [0.3, 0.4) is 0 Å². The Kier molecular flexibility index (Phi) is 6.65. The van der Waals surface area contributed by atoms with Crippen molar-refractivity contribution in [3.8, 4) is 28.8 Å². The molecule has 1 heterocycles. The van der Waals surface area contributed by atoms with E-state index in [2.05, 4.69) is 16.0 Å². The van der Waals surface area contributed by atoms with Gasteiger partial charge in [0, 0.05) is 11.8 Å². The maximum absolute atomic E-state index is 13.0. The Morgan fingerprint density at radius 3 is 2.47 bits per heavy atom. The molecule has 0 bridgehead atoms. The molecule has 0 saturated heterocycles. The third-order valence-electron chi connectivity index (χ3n) is 4.94. The van der Waals surface area contributed by atoms with Gasteiger partial charge in [-0.15, -0.1) is 0 Å². The van der Waals surface area contributed by atoms with Gasteiger partial charge in [0.25, 0.3) is 11.8 Å². The van der Waals surface area contributed by atoms with Crippen LogP contribution in [0.4, 0.5) is 0 Å². The zero-order chi connectivity index (χ0) is 23.9. The summed E-state index contributed by atoms with van der Waals surface area (Å²) in [6.07, 6.45) is 1.63. The van der Waals surface area contributed by atoms with Crippen molar-refractivity contribution in [2.24, 2.45) is 0 Å².